The Hall–Kier alpha value is -4.10. The lowest BCUT2D eigenvalue weighted by atomic mass is 9.92. The van der Waals surface area contributed by atoms with Gasteiger partial charge in [0.15, 0.2) is 0 Å². The number of hydrazone groups is 2. The topological polar surface area (TPSA) is 61.2 Å². The second-order valence-electron chi connectivity index (χ2n) is 8.61. The van der Waals surface area contributed by atoms with Crippen LogP contribution in [0.4, 0.5) is 10.8 Å². The normalized spacial score (nSPS) is 19.7. The van der Waals surface area contributed by atoms with Crippen molar-refractivity contribution in [2.45, 2.75) is 19.4 Å². The highest BCUT2D eigenvalue weighted by Gasteiger charge is 2.43. The van der Waals surface area contributed by atoms with Crippen LogP contribution in [0.5, 0.6) is 0 Å². The molecule has 2 unspecified atom stereocenters. The number of hydrogen-bond donors (Lipinski definition) is 0. The lowest BCUT2D eigenvalue weighted by Gasteiger charge is -2.21. The van der Waals surface area contributed by atoms with E-state index < -0.39 is 5.92 Å². The maximum Gasteiger partial charge on any atom is 0.262 e. The minimum absolute atomic E-state index is 0.0349. The number of anilines is 2. The van der Waals surface area contributed by atoms with Gasteiger partial charge in [-0.2, -0.15) is 15.2 Å². The fourth-order valence-corrected chi connectivity index (χ4v) is 5.47. The predicted molar refractivity (Wildman–Crippen MR) is 142 cm³/mol. The highest BCUT2D eigenvalue weighted by atomic mass is 32.1. The Balaban J connectivity index is 1.36. The number of aromatic nitrogens is 1. The standard InChI is InChI=1S/C28H23N5OS/c1-19-26(27(34)32(30-19)22-15-9-4-10-16-22)23-17-25(21-13-7-3-8-14-21)33(31-23)28-29-24(18-35-28)20-11-5-2-6-12-20/h2-16,18,25-26H,17H2,1H3. The van der Waals surface area contributed by atoms with Crippen molar-refractivity contribution in [3.63, 3.8) is 0 Å². The van der Waals surface area contributed by atoms with E-state index in [-0.39, 0.29) is 11.9 Å². The van der Waals surface area contributed by atoms with Gasteiger partial charge < -0.3 is 0 Å². The van der Waals surface area contributed by atoms with Crippen molar-refractivity contribution < 1.29 is 4.79 Å². The molecule has 1 aromatic heterocycles. The van der Waals surface area contributed by atoms with Gasteiger partial charge in [-0.1, -0.05) is 78.9 Å². The number of amides is 1. The van der Waals surface area contributed by atoms with E-state index in [1.54, 1.807) is 11.3 Å². The Kier molecular flexibility index (Phi) is 5.47. The maximum absolute atomic E-state index is 13.5. The highest BCUT2D eigenvalue weighted by Crippen LogP contribution is 2.40. The Morgan fingerprint density at radius 2 is 1.51 bits per heavy atom. The van der Waals surface area contributed by atoms with E-state index in [0.29, 0.717) is 6.42 Å². The van der Waals surface area contributed by atoms with Crippen molar-refractivity contribution in [1.82, 2.24) is 4.98 Å². The zero-order valence-corrected chi connectivity index (χ0v) is 20.0. The number of rotatable bonds is 5. The molecule has 2 aliphatic heterocycles. The van der Waals surface area contributed by atoms with Crippen LogP contribution in [0.3, 0.4) is 0 Å². The molecule has 2 atom stereocenters. The molecule has 3 heterocycles. The number of hydrogen-bond acceptors (Lipinski definition) is 6. The number of thiazole rings is 1. The van der Waals surface area contributed by atoms with Gasteiger partial charge in [-0.3, -0.25) is 4.79 Å². The first-order valence-electron chi connectivity index (χ1n) is 11.6. The van der Waals surface area contributed by atoms with Crippen molar-refractivity contribution >= 4 is 39.5 Å². The van der Waals surface area contributed by atoms with Gasteiger partial charge in [0.2, 0.25) is 5.13 Å². The molecule has 0 saturated heterocycles. The molecule has 3 aromatic carbocycles. The molecule has 0 spiro atoms. The lowest BCUT2D eigenvalue weighted by Crippen LogP contribution is -2.32. The van der Waals surface area contributed by atoms with Gasteiger partial charge in [0.25, 0.3) is 5.91 Å². The third-order valence-corrected chi connectivity index (χ3v) is 7.17. The quantitative estimate of drug-likeness (QED) is 0.346. The Bertz CT molecular complexity index is 1420. The minimum atomic E-state index is -0.472. The van der Waals surface area contributed by atoms with Crippen LogP contribution < -0.4 is 10.0 Å². The number of benzene rings is 3. The zero-order valence-electron chi connectivity index (χ0n) is 19.2. The number of carbonyl (C=O) groups is 1. The fourth-order valence-electron chi connectivity index (χ4n) is 4.63. The van der Waals surface area contributed by atoms with Crippen molar-refractivity contribution in [3.8, 4) is 11.3 Å². The predicted octanol–water partition coefficient (Wildman–Crippen LogP) is 6.16. The average Bonchev–Trinajstić information content (AvgIpc) is 3.63. The second kappa shape index (κ2) is 8.92. The smallest absolute Gasteiger partial charge is 0.262 e. The molecular weight excluding hydrogens is 454 g/mol. The van der Waals surface area contributed by atoms with Crippen molar-refractivity contribution in [3.05, 3.63) is 102 Å². The second-order valence-corrected chi connectivity index (χ2v) is 9.44. The van der Waals surface area contributed by atoms with Crippen LogP contribution in [0.1, 0.15) is 24.9 Å². The molecule has 0 fully saturated rings. The molecule has 2 aliphatic rings. The largest absolute Gasteiger partial charge is 0.271 e. The van der Waals surface area contributed by atoms with Gasteiger partial charge in [0, 0.05) is 17.4 Å². The SMILES string of the molecule is CC1=NN(c2ccccc2)C(=O)C1C1=NN(c2nc(-c3ccccc3)cs2)C(c2ccccc2)C1. The lowest BCUT2D eigenvalue weighted by molar-refractivity contribution is -0.118. The van der Waals surface area contributed by atoms with Crippen LogP contribution in [0.2, 0.25) is 0 Å². The van der Waals surface area contributed by atoms with E-state index in [2.05, 4.69) is 34.7 Å². The third kappa shape index (κ3) is 3.94. The Morgan fingerprint density at radius 1 is 0.857 bits per heavy atom. The van der Waals surface area contributed by atoms with Gasteiger partial charge >= 0.3 is 0 Å². The van der Waals surface area contributed by atoms with Crippen molar-refractivity contribution in [1.29, 1.82) is 0 Å². The van der Waals surface area contributed by atoms with Gasteiger partial charge in [0.1, 0.15) is 5.92 Å². The van der Waals surface area contributed by atoms with E-state index in [1.165, 1.54) is 5.01 Å². The summed E-state index contributed by atoms with van der Waals surface area (Å²) in [6, 6.07) is 29.9. The monoisotopic (exact) mass is 477 g/mol. The Labute approximate surface area is 207 Å². The number of nitrogens with zero attached hydrogens (tertiary/aromatic N) is 5. The van der Waals surface area contributed by atoms with Crippen LogP contribution in [0.15, 0.2) is 107 Å². The molecule has 172 valence electrons. The van der Waals surface area contributed by atoms with E-state index in [9.17, 15) is 4.79 Å². The average molecular weight is 478 g/mol. The summed E-state index contributed by atoms with van der Waals surface area (Å²) in [7, 11) is 0. The van der Waals surface area contributed by atoms with Crippen LogP contribution in [-0.2, 0) is 4.79 Å². The molecule has 0 bridgehead atoms. The van der Waals surface area contributed by atoms with Gasteiger partial charge in [-0.15, -0.1) is 11.3 Å². The van der Waals surface area contributed by atoms with E-state index in [4.69, 9.17) is 10.1 Å². The fraction of sp³-hybridized carbons (Fsp3) is 0.143. The van der Waals surface area contributed by atoms with Gasteiger partial charge in [0.05, 0.1) is 28.8 Å². The molecule has 0 radical (unpaired) electrons. The molecule has 0 aliphatic carbocycles. The molecule has 6 rings (SSSR count). The minimum Gasteiger partial charge on any atom is -0.271 e. The summed E-state index contributed by atoms with van der Waals surface area (Å²) >= 11 is 1.57. The summed E-state index contributed by atoms with van der Waals surface area (Å²) in [5.41, 5.74) is 5.48. The van der Waals surface area contributed by atoms with Gasteiger partial charge in [-0.05, 0) is 24.6 Å². The highest BCUT2D eigenvalue weighted by molar-refractivity contribution is 7.14. The Morgan fingerprint density at radius 3 is 2.23 bits per heavy atom. The number of para-hydroxylation sites is 1. The molecule has 4 aromatic rings. The van der Waals surface area contributed by atoms with Gasteiger partial charge in [-0.25, -0.2) is 9.99 Å². The summed E-state index contributed by atoms with van der Waals surface area (Å²) in [5, 5.41) is 15.9. The third-order valence-electron chi connectivity index (χ3n) is 6.34. The van der Waals surface area contributed by atoms with Crippen LogP contribution in [0, 0.1) is 5.92 Å². The number of carbonyl (C=O) groups excluding carboxylic acids is 1. The summed E-state index contributed by atoms with van der Waals surface area (Å²) in [6.07, 6.45) is 0.635. The first-order valence-corrected chi connectivity index (χ1v) is 12.4. The molecule has 1 amide bonds. The van der Waals surface area contributed by atoms with Crippen molar-refractivity contribution in [2.24, 2.45) is 16.1 Å². The molecule has 6 nitrogen and oxygen atoms in total. The first kappa shape index (κ1) is 21.4. The molecule has 35 heavy (non-hydrogen) atoms. The zero-order chi connectivity index (χ0) is 23.8. The molecule has 0 saturated carbocycles. The molecule has 0 N–H and O–H groups in total. The molecular formula is C28H23N5OS. The maximum atomic E-state index is 13.5. The van der Waals surface area contributed by atoms with Crippen LogP contribution in [0.25, 0.3) is 11.3 Å². The first-order chi connectivity index (χ1) is 17.2. The van der Waals surface area contributed by atoms with Crippen LogP contribution >= 0.6 is 11.3 Å². The summed E-state index contributed by atoms with van der Waals surface area (Å²) < 4.78 is 0. The summed E-state index contributed by atoms with van der Waals surface area (Å²) in [4.78, 5) is 18.4. The van der Waals surface area contributed by atoms with E-state index >= 15 is 0 Å². The summed E-state index contributed by atoms with van der Waals surface area (Å²) in [5.74, 6) is -0.537. The summed E-state index contributed by atoms with van der Waals surface area (Å²) in [6.45, 7) is 1.91. The van der Waals surface area contributed by atoms with E-state index in [0.717, 1.165) is 39.1 Å². The van der Waals surface area contributed by atoms with Crippen molar-refractivity contribution in [2.75, 3.05) is 10.0 Å². The molecule has 7 heteroatoms. The van der Waals surface area contributed by atoms with Crippen LogP contribution in [-0.4, -0.2) is 22.3 Å². The van der Waals surface area contributed by atoms with E-state index in [1.807, 2.05) is 78.7 Å².